The first-order valence-corrected chi connectivity index (χ1v) is 4.16. The topological polar surface area (TPSA) is 63.8 Å². The Bertz CT molecular complexity index is 308. The number of anilines is 1. The summed E-state index contributed by atoms with van der Waals surface area (Å²) in [6, 6.07) is 0. The van der Waals surface area contributed by atoms with Crippen LogP contribution in [-0.2, 0) is 19.5 Å². The number of hydrogen-bond acceptors (Lipinski definition) is 4. The van der Waals surface area contributed by atoms with E-state index in [0.717, 1.165) is 30.9 Å². The van der Waals surface area contributed by atoms with Crippen LogP contribution in [0.1, 0.15) is 23.9 Å². The molecule has 64 valence electrons. The van der Waals surface area contributed by atoms with Gasteiger partial charge in [0.25, 0.3) is 0 Å². The normalized spacial score (nSPS) is 14.8. The van der Waals surface area contributed by atoms with Crippen LogP contribution in [0.2, 0.25) is 0 Å². The Morgan fingerprint density at radius 2 is 2.25 bits per heavy atom. The average molecular weight is 164 g/mol. The van der Waals surface area contributed by atoms with E-state index in [4.69, 9.17) is 5.73 Å². The highest BCUT2D eigenvalue weighted by atomic mass is 15.0. The zero-order valence-electron chi connectivity index (χ0n) is 7.09. The fourth-order valence-corrected chi connectivity index (χ4v) is 1.55. The Hall–Kier alpha value is -1.16. The van der Waals surface area contributed by atoms with E-state index >= 15 is 0 Å². The first-order chi connectivity index (χ1) is 5.81. The minimum absolute atomic E-state index is 0.398. The summed E-state index contributed by atoms with van der Waals surface area (Å²) in [5.74, 6) is 0.398. The molecule has 0 amide bonds. The highest BCUT2D eigenvalue weighted by Gasteiger charge is 2.16. The van der Waals surface area contributed by atoms with Crippen molar-refractivity contribution in [2.45, 2.75) is 26.4 Å². The van der Waals surface area contributed by atoms with Crippen molar-refractivity contribution in [2.75, 3.05) is 5.73 Å². The molecule has 4 nitrogen and oxygen atoms in total. The van der Waals surface area contributed by atoms with Crippen molar-refractivity contribution >= 4 is 5.95 Å². The van der Waals surface area contributed by atoms with Crippen molar-refractivity contribution in [3.05, 3.63) is 17.0 Å². The maximum atomic E-state index is 5.56. The number of nitrogens with two attached hydrogens (primary N) is 1. The second kappa shape index (κ2) is 2.71. The molecule has 2 rings (SSSR count). The summed E-state index contributed by atoms with van der Waals surface area (Å²) in [7, 11) is 0. The van der Waals surface area contributed by atoms with Gasteiger partial charge in [0.05, 0.1) is 11.4 Å². The van der Waals surface area contributed by atoms with Crippen molar-refractivity contribution in [1.82, 2.24) is 15.3 Å². The molecule has 0 fully saturated rings. The smallest absolute Gasteiger partial charge is 0.220 e. The SMILES string of the molecule is CCc1nc(N)nc2c1CNC2. The molecule has 1 aromatic heterocycles. The number of nitrogens with zero attached hydrogens (tertiary/aromatic N) is 2. The fraction of sp³-hybridized carbons (Fsp3) is 0.500. The van der Waals surface area contributed by atoms with E-state index in [2.05, 4.69) is 22.2 Å². The van der Waals surface area contributed by atoms with Crippen LogP contribution >= 0.6 is 0 Å². The predicted octanol–water partition coefficient (Wildman–Crippen LogP) is 0.224. The lowest BCUT2D eigenvalue weighted by atomic mass is 10.1. The lowest BCUT2D eigenvalue weighted by molar-refractivity contribution is 0.755. The van der Waals surface area contributed by atoms with E-state index in [1.54, 1.807) is 0 Å². The van der Waals surface area contributed by atoms with Gasteiger partial charge in [-0.05, 0) is 6.42 Å². The highest BCUT2D eigenvalue weighted by Crippen LogP contribution is 2.17. The Balaban J connectivity index is 2.55. The summed E-state index contributed by atoms with van der Waals surface area (Å²) in [4.78, 5) is 8.36. The Kier molecular flexibility index (Phi) is 1.69. The van der Waals surface area contributed by atoms with Gasteiger partial charge in [-0.3, -0.25) is 0 Å². The molecule has 2 heterocycles. The van der Waals surface area contributed by atoms with Gasteiger partial charge in [0.15, 0.2) is 0 Å². The second-order valence-corrected chi connectivity index (χ2v) is 2.91. The molecule has 0 unspecified atom stereocenters. The van der Waals surface area contributed by atoms with Gasteiger partial charge in [0.2, 0.25) is 5.95 Å². The van der Waals surface area contributed by atoms with Gasteiger partial charge in [-0.25, -0.2) is 9.97 Å². The van der Waals surface area contributed by atoms with Crippen LogP contribution in [0, 0.1) is 0 Å². The van der Waals surface area contributed by atoms with Crippen molar-refractivity contribution in [3.63, 3.8) is 0 Å². The number of rotatable bonds is 1. The third-order valence-corrected chi connectivity index (χ3v) is 2.12. The number of nitrogen functional groups attached to an aromatic ring is 1. The third kappa shape index (κ3) is 1.04. The van der Waals surface area contributed by atoms with Crippen LogP contribution < -0.4 is 11.1 Å². The zero-order chi connectivity index (χ0) is 8.55. The first kappa shape index (κ1) is 7.49. The quantitative estimate of drug-likeness (QED) is 0.623. The van der Waals surface area contributed by atoms with Crippen molar-refractivity contribution in [2.24, 2.45) is 0 Å². The van der Waals surface area contributed by atoms with E-state index in [9.17, 15) is 0 Å². The summed E-state index contributed by atoms with van der Waals surface area (Å²) in [5, 5.41) is 3.23. The molecule has 0 radical (unpaired) electrons. The van der Waals surface area contributed by atoms with Crippen molar-refractivity contribution in [1.29, 1.82) is 0 Å². The number of aromatic nitrogens is 2. The first-order valence-electron chi connectivity index (χ1n) is 4.16. The lowest BCUT2D eigenvalue weighted by Crippen LogP contribution is -2.04. The molecule has 0 saturated heterocycles. The Morgan fingerprint density at radius 1 is 1.42 bits per heavy atom. The number of fused-ring (bicyclic) bond motifs is 1. The van der Waals surface area contributed by atoms with E-state index in [-0.39, 0.29) is 0 Å². The molecule has 0 bridgehead atoms. The van der Waals surface area contributed by atoms with Crippen LogP contribution in [0.4, 0.5) is 5.95 Å². The van der Waals surface area contributed by atoms with E-state index in [1.165, 1.54) is 5.56 Å². The standard InChI is InChI=1S/C8H12N4/c1-2-6-5-3-10-4-7(5)12-8(9)11-6/h10H,2-4H2,1H3,(H2,9,11,12). The van der Waals surface area contributed by atoms with E-state index < -0.39 is 0 Å². The molecule has 0 spiro atoms. The molecule has 1 aromatic rings. The molecule has 3 N–H and O–H groups in total. The number of nitrogens with one attached hydrogen (secondary N) is 1. The summed E-state index contributed by atoms with van der Waals surface area (Å²) in [5.41, 5.74) is 8.95. The van der Waals surface area contributed by atoms with Gasteiger partial charge in [-0.2, -0.15) is 0 Å². The largest absolute Gasteiger partial charge is 0.368 e. The molecule has 1 aliphatic heterocycles. The van der Waals surface area contributed by atoms with E-state index in [0.29, 0.717) is 5.95 Å². The van der Waals surface area contributed by atoms with E-state index in [1.807, 2.05) is 0 Å². The monoisotopic (exact) mass is 164 g/mol. The maximum absolute atomic E-state index is 5.56. The summed E-state index contributed by atoms with van der Waals surface area (Å²) < 4.78 is 0. The van der Waals surface area contributed by atoms with Gasteiger partial charge >= 0.3 is 0 Å². The lowest BCUT2D eigenvalue weighted by Gasteiger charge is -2.03. The Morgan fingerprint density at radius 3 is 3.00 bits per heavy atom. The van der Waals surface area contributed by atoms with Crippen LogP contribution in [0.5, 0.6) is 0 Å². The van der Waals surface area contributed by atoms with Crippen LogP contribution in [0.3, 0.4) is 0 Å². The van der Waals surface area contributed by atoms with Gasteiger partial charge in [0, 0.05) is 18.7 Å². The minimum atomic E-state index is 0.398. The van der Waals surface area contributed by atoms with Gasteiger partial charge < -0.3 is 11.1 Å². The number of aryl methyl sites for hydroxylation is 1. The van der Waals surface area contributed by atoms with Crippen LogP contribution in [0.25, 0.3) is 0 Å². The molecule has 0 atom stereocenters. The van der Waals surface area contributed by atoms with Gasteiger partial charge in [-0.1, -0.05) is 6.92 Å². The van der Waals surface area contributed by atoms with Crippen molar-refractivity contribution < 1.29 is 0 Å². The summed E-state index contributed by atoms with van der Waals surface area (Å²) in [6.45, 7) is 3.80. The zero-order valence-corrected chi connectivity index (χ0v) is 7.09. The molecule has 0 saturated carbocycles. The molecule has 0 aromatic carbocycles. The second-order valence-electron chi connectivity index (χ2n) is 2.91. The number of hydrogen-bond donors (Lipinski definition) is 2. The summed E-state index contributed by atoms with van der Waals surface area (Å²) >= 11 is 0. The van der Waals surface area contributed by atoms with Gasteiger partial charge in [-0.15, -0.1) is 0 Å². The van der Waals surface area contributed by atoms with Gasteiger partial charge in [0.1, 0.15) is 0 Å². The van der Waals surface area contributed by atoms with Crippen LogP contribution in [0.15, 0.2) is 0 Å². The average Bonchev–Trinajstić information content (AvgIpc) is 2.50. The Labute approximate surface area is 71.2 Å². The molecule has 12 heavy (non-hydrogen) atoms. The molecular formula is C8H12N4. The highest BCUT2D eigenvalue weighted by molar-refractivity contribution is 5.34. The minimum Gasteiger partial charge on any atom is -0.368 e. The fourth-order valence-electron chi connectivity index (χ4n) is 1.55. The summed E-state index contributed by atoms with van der Waals surface area (Å²) in [6.07, 6.45) is 0.927. The third-order valence-electron chi connectivity index (χ3n) is 2.12. The molecular weight excluding hydrogens is 152 g/mol. The molecule has 4 heteroatoms. The maximum Gasteiger partial charge on any atom is 0.220 e. The molecule has 0 aliphatic carbocycles. The predicted molar refractivity (Wildman–Crippen MR) is 46.4 cm³/mol. The molecule has 1 aliphatic rings. The van der Waals surface area contributed by atoms with Crippen LogP contribution in [-0.4, -0.2) is 9.97 Å². The van der Waals surface area contributed by atoms with Crippen molar-refractivity contribution in [3.8, 4) is 0 Å².